The van der Waals surface area contributed by atoms with E-state index >= 15 is 0 Å². The van der Waals surface area contributed by atoms with Gasteiger partial charge in [-0.15, -0.1) is 0 Å². The van der Waals surface area contributed by atoms with E-state index < -0.39 is 0 Å². The van der Waals surface area contributed by atoms with Gasteiger partial charge in [0.15, 0.2) is 0 Å². The third-order valence-corrected chi connectivity index (χ3v) is 3.15. The van der Waals surface area contributed by atoms with E-state index in [2.05, 4.69) is 0 Å². The highest BCUT2D eigenvalue weighted by Gasteiger charge is 2.09. The van der Waals surface area contributed by atoms with E-state index in [1.807, 2.05) is 37.3 Å². The molecule has 0 saturated heterocycles. The Hall–Kier alpha value is -1.87. The van der Waals surface area contributed by atoms with Gasteiger partial charge in [0.25, 0.3) is 0 Å². The lowest BCUT2D eigenvalue weighted by Gasteiger charge is -2.13. The summed E-state index contributed by atoms with van der Waals surface area (Å²) in [4.78, 5) is 0. The van der Waals surface area contributed by atoms with Crippen LogP contribution < -0.4 is 10.5 Å². The summed E-state index contributed by atoms with van der Waals surface area (Å²) in [5.74, 6) is 0.661. The van der Waals surface area contributed by atoms with Gasteiger partial charge >= 0.3 is 0 Å². The fourth-order valence-corrected chi connectivity index (χ4v) is 2.25. The zero-order valence-corrected chi connectivity index (χ0v) is 11.7. The number of ether oxygens (including phenoxy) is 1. The Morgan fingerprint density at radius 1 is 1.10 bits per heavy atom. The lowest BCUT2D eigenvalue weighted by atomic mass is 9.99. The Bertz CT molecular complexity index is 556. The molecular formula is C17H20FNO. The van der Waals surface area contributed by atoms with Crippen molar-refractivity contribution in [1.29, 1.82) is 0 Å². The minimum Gasteiger partial charge on any atom is -0.494 e. The molecule has 3 heteroatoms. The molecular weight excluding hydrogens is 253 g/mol. The quantitative estimate of drug-likeness (QED) is 0.876. The van der Waals surface area contributed by atoms with Crippen molar-refractivity contribution in [2.24, 2.45) is 5.73 Å². The first-order valence-electron chi connectivity index (χ1n) is 6.89. The van der Waals surface area contributed by atoms with Crippen molar-refractivity contribution in [3.8, 4) is 5.75 Å². The second kappa shape index (κ2) is 7.06. The molecule has 2 aromatic rings. The molecule has 0 aliphatic rings. The van der Waals surface area contributed by atoms with E-state index in [1.54, 1.807) is 12.1 Å². The normalized spacial score (nSPS) is 12.2. The Balaban J connectivity index is 1.99. The molecule has 0 amide bonds. The van der Waals surface area contributed by atoms with Gasteiger partial charge < -0.3 is 10.5 Å². The second-order valence-electron chi connectivity index (χ2n) is 4.84. The zero-order chi connectivity index (χ0) is 14.4. The maximum atomic E-state index is 13.6. The summed E-state index contributed by atoms with van der Waals surface area (Å²) in [6.45, 7) is 2.60. The van der Waals surface area contributed by atoms with Gasteiger partial charge in [0.2, 0.25) is 0 Å². The molecule has 0 fully saturated rings. The minimum absolute atomic E-state index is 0.108. The van der Waals surface area contributed by atoms with Crippen LogP contribution in [0, 0.1) is 5.82 Å². The maximum absolute atomic E-state index is 13.6. The molecule has 0 bridgehead atoms. The Labute approximate surface area is 119 Å². The van der Waals surface area contributed by atoms with Crippen molar-refractivity contribution in [3.63, 3.8) is 0 Å². The molecule has 2 nitrogen and oxygen atoms in total. The molecule has 0 aliphatic carbocycles. The summed E-state index contributed by atoms with van der Waals surface area (Å²) in [5.41, 5.74) is 7.90. The van der Waals surface area contributed by atoms with E-state index in [1.165, 1.54) is 6.07 Å². The van der Waals surface area contributed by atoms with E-state index in [-0.39, 0.29) is 11.9 Å². The number of benzene rings is 2. The van der Waals surface area contributed by atoms with Crippen molar-refractivity contribution in [2.45, 2.75) is 25.8 Å². The highest BCUT2D eigenvalue weighted by molar-refractivity contribution is 5.29. The van der Waals surface area contributed by atoms with Crippen molar-refractivity contribution < 1.29 is 9.13 Å². The van der Waals surface area contributed by atoms with E-state index in [0.717, 1.165) is 11.3 Å². The van der Waals surface area contributed by atoms with E-state index in [9.17, 15) is 4.39 Å². The van der Waals surface area contributed by atoms with Crippen molar-refractivity contribution >= 4 is 0 Å². The predicted octanol–water partition coefficient (Wildman–Crippen LogP) is 3.34. The van der Waals surface area contributed by atoms with Gasteiger partial charge in [0.1, 0.15) is 11.6 Å². The first kappa shape index (κ1) is 14.5. The molecule has 0 aliphatic heterocycles. The summed E-state index contributed by atoms with van der Waals surface area (Å²) in [6, 6.07) is 14.6. The molecule has 0 saturated carbocycles. The maximum Gasteiger partial charge on any atom is 0.126 e. The molecule has 1 unspecified atom stereocenters. The van der Waals surface area contributed by atoms with Gasteiger partial charge in [-0.05, 0) is 49.1 Å². The fraction of sp³-hybridized carbons (Fsp3) is 0.294. The summed E-state index contributed by atoms with van der Waals surface area (Å²) < 4.78 is 19.0. The Kier molecular flexibility index (Phi) is 5.13. The molecule has 0 radical (unpaired) electrons. The minimum atomic E-state index is -0.189. The number of nitrogens with two attached hydrogens (primary N) is 1. The van der Waals surface area contributed by atoms with Crippen LogP contribution in [0.25, 0.3) is 0 Å². The van der Waals surface area contributed by atoms with Crippen molar-refractivity contribution in [2.75, 3.05) is 6.61 Å². The molecule has 106 valence electrons. The van der Waals surface area contributed by atoms with Crippen molar-refractivity contribution in [3.05, 3.63) is 65.5 Å². The van der Waals surface area contributed by atoms with Gasteiger partial charge in [0, 0.05) is 6.04 Å². The van der Waals surface area contributed by atoms with Crippen LogP contribution in [-0.2, 0) is 12.8 Å². The van der Waals surface area contributed by atoms with Gasteiger partial charge in [-0.2, -0.15) is 0 Å². The molecule has 1 atom stereocenters. The van der Waals surface area contributed by atoms with Crippen LogP contribution in [0.1, 0.15) is 18.1 Å². The van der Waals surface area contributed by atoms with Crippen LogP contribution in [0.15, 0.2) is 48.5 Å². The number of hydrogen-bond donors (Lipinski definition) is 1. The topological polar surface area (TPSA) is 35.2 Å². The van der Waals surface area contributed by atoms with Crippen LogP contribution in [0.2, 0.25) is 0 Å². The van der Waals surface area contributed by atoms with Crippen LogP contribution in [0.3, 0.4) is 0 Å². The monoisotopic (exact) mass is 273 g/mol. The molecule has 20 heavy (non-hydrogen) atoms. The van der Waals surface area contributed by atoms with Crippen LogP contribution in [0.4, 0.5) is 4.39 Å². The Morgan fingerprint density at radius 2 is 1.90 bits per heavy atom. The average Bonchev–Trinajstić information content (AvgIpc) is 2.42. The SMILES string of the molecule is CCOc1cccc(CC(N)Cc2ccccc2F)c1. The first-order chi connectivity index (χ1) is 9.69. The van der Waals surface area contributed by atoms with Crippen molar-refractivity contribution in [1.82, 2.24) is 0 Å². The zero-order valence-electron chi connectivity index (χ0n) is 11.7. The van der Waals surface area contributed by atoms with Crippen LogP contribution >= 0.6 is 0 Å². The summed E-state index contributed by atoms with van der Waals surface area (Å²) in [6.07, 6.45) is 1.24. The summed E-state index contributed by atoms with van der Waals surface area (Å²) in [7, 11) is 0. The predicted molar refractivity (Wildman–Crippen MR) is 79.4 cm³/mol. The third kappa shape index (κ3) is 4.07. The van der Waals surface area contributed by atoms with Gasteiger partial charge in [-0.25, -0.2) is 4.39 Å². The highest BCUT2D eigenvalue weighted by atomic mass is 19.1. The number of rotatable bonds is 6. The molecule has 0 heterocycles. The molecule has 0 spiro atoms. The van der Waals surface area contributed by atoms with Gasteiger partial charge in [-0.3, -0.25) is 0 Å². The number of halogens is 1. The second-order valence-corrected chi connectivity index (χ2v) is 4.84. The van der Waals surface area contributed by atoms with E-state index in [0.29, 0.717) is 25.0 Å². The summed E-state index contributed by atoms with van der Waals surface area (Å²) in [5, 5.41) is 0. The van der Waals surface area contributed by atoms with Crippen LogP contribution in [-0.4, -0.2) is 12.6 Å². The standard InChI is InChI=1S/C17H20FNO/c1-2-20-16-8-5-6-13(11-16)10-15(19)12-14-7-3-4-9-17(14)18/h3-9,11,15H,2,10,12,19H2,1H3. The van der Waals surface area contributed by atoms with Gasteiger partial charge in [-0.1, -0.05) is 30.3 Å². The largest absolute Gasteiger partial charge is 0.494 e. The lowest BCUT2D eigenvalue weighted by Crippen LogP contribution is -2.26. The highest BCUT2D eigenvalue weighted by Crippen LogP contribution is 2.16. The number of hydrogen-bond acceptors (Lipinski definition) is 2. The molecule has 0 aromatic heterocycles. The third-order valence-electron chi connectivity index (χ3n) is 3.15. The molecule has 2 rings (SSSR count). The van der Waals surface area contributed by atoms with Gasteiger partial charge in [0.05, 0.1) is 6.61 Å². The molecule has 2 N–H and O–H groups in total. The van der Waals surface area contributed by atoms with Crippen LogP contribution in [0.5, 0.6) is 5.75 Å². The lowest BCUT2D eigenvalue weighted by molar-refractivity contribution is 0.340. The fourth-order valence-electron chi connectivity index (χ4n) is 2.25. The molecule has 2 aromatic carbocycles. The smallest absolute Gasteiger partial charge is 0.126 e. The average molecular weight is 273 g/mol. The Morgan fingerprint density at radius 3 is 2.65 bits per heavy atom. The first-order valence-corrected chi connectivity index (χ1v) is 6.89. The van der Waals surface area contributed by atoms with E-state index in [4.69, 9.17) is 10.5 Å². The summed E-state index contributed by atoms with van der Waals surface area (Å²) >= 11 is 0.